The summed E-state index contributed by atoms with van der Waals surface area (Å²) in [7, 11) is -3.95. The molecule has 0 unspecified atom stereocenters. The topological polar surface area (TPSA) is 110 Å². The van der Waals surface area contributed by atoms with Crippen LogP contribution in [0.15, 0.2) is 29.2 Å². The molecule has 142 valence electrons. The molecule has 1 aliphatic carbocycles. The van der Waals surface area contributed by atoms with E-state index in [1.54, 1.807) is 0 Å². The van der Waals surface area contributed by atoms with E-state index in [0.717, 1.165) is 25.7 Å². The van der Waals surface area contributed by atoms with Crippen LogP contribution < -0.4 is 5.32 Å². The number of piperidine rings is 1. The van der Waals surface area contributed by atoms with E-state index < -0.39 is 20.6 Å². The van der Waals surface area contributed by atoms with Gasteiger partial charge in [0.25, 0.3) is 5.69 Å². The minimum absolute atomic E-state index is 0.000334. The second kappa shape index (κ2) is 7.71. The van der Waals surface area contributed by atoms with Crippen LogP contribution in [-0.4, -0.2) is 42.7 Å². The smallest absolute Gasteiger partial charge is 0.289 e. The molecule has 1 heterocycles. The van der Waals surface area contributed by atoms with E-state index in [2.05, 4.69) is 5.32 Å². The normalized spacial score (nSPS) is 20.2. The molecule has 26 heavy (non-hydrogen) atoms. The fourth-order valence-corrected chi connectivity index (χ4v) is 5.34. The zero-order valence-corrected chi connectivity index (χ0v) is 15.3. The number of nitro groups is 1. The van der Waals surface area contributed by atoms with Crippen molar-refractivity contribution in [1.82, 2.24) is 9.62 Å². The number of benzene rings is 1. The number of nitro benzene ring substituents is 1. The lowest BCUT2D eigenvalue weighted by atomic mass is 9.97. The lowest BCUT2D eigenvalue weighted by Gasteiger charge is -2.31. The van der Waals surface area contributed by atoms with Crippen molar-refractivity contribution in [3.63, 3.8) is 0 Å². The molecule has 1 amide bonds. The summed E-state index contributed by atoms with van der Waals surface area (Å²) in [5, 5.41) is 14.2. The van der Waals surface area contributed by atoms with Gasteiger partial charge < -0.3 is 5.32 Å². The Hall–Kier alpha value is -2.00. The second-order valence-corrected chi connectivity index (χ2v) is 8.80. The van der Waals surface area contributed by atoms with E-state index in [9.17, 15) is 23.3 Å². The van der Waals surface area contributed by atoms with E-state index in [1.807, 2.05) is 0 Å². The van der Waals surface area contributed by atoms with E-state index in [-0.39, 0.29) is 35.9 Å². The molecule has 8 nitrogen and oxygen atoms in total. The quantitative estimate of drug-likeness (QED) is 0.620. The average Bonchev–Trinajstić information content (AvgIpc) is 3.14. The number of para-hydroxylation sites is 1. The van der Waals surface area contributed by atoms with Crippen LogP contribution in [0, 0.1) is 16.0 Å². The molecule has 0 atom stereocenters. The number of carbonyl (C=O) groups excluding carboxylic acids is 1. The van der Waals surface area contributed by atoms with Gasteiger partial charge >= 0.3 is 0 Å². The lowest BCUT2D eigenvalue weighted by molar-refractivity contribution is -0.387. The highest BCUT2D eigenvalue weighted by Crippen LogP contribution is 2.29. The third kappa shape index (κ3) is 3.88. The third-order valence-corrected chi connectivity index (χ3v) is 7.15. The highest BCUT2D eigenvalue weighted by Gasteiger charge is 2.36. The van der Waals surface area contributed by atoms with E-state index in [4.69, 9.17) is 0 Å². The summed E-state index contributed by atoms with van der Waals surface area (Å²) in [6, 6.07) is 5.61. The first kappa shape index (κ1) is 18.8. The zero-order valence-electron chi connectivity index (χ0n) is 14.5. The van der Waals surface area contributed by atoms with Gasteiger partial charge in [0, 0.05) is 31.1 Å². The van der Waals surface area contributed by atoms with Gasteiger partial charge in [0.15, 0.2) is 4.90 Å². The van der Waals surface area contributed by atoms with E-state index in [1.165, 1.54) is 28.6 Å². The van der Waals surface area contributed by atoms with Crippen LogP contribution in [0.1, 0.15) is 38.5 Å². The maximum Gasteiger partial charge on any atom is 0.289 e. The van der Waals surface area contributed by atoms with Crippen LogP contribution in [0.3, 0.4) is 0 Å². The molecule has 2 aliphatic rings. The third-order valence-electron chi connectivity index (χ3n) is 5.21. The largest absolute Gasteiger partial charge is 0.353 e. The summed E-state index contributed by atoms with van der Waals surface area (Å²) in [5.74, 6) is -0.201. The van der Waals surface area contributed by atoms with Crippen molar-refractivity contribution >= 4 is 21.6 Å². The zero-order chi connectivity index (χ0) is 18.7. The molecule has 1 aromatic carbocycles. The second-order valence-electron chi connectivity index (χ2n) is 6.89. The van der Waals surface area contributed by atoms with Gasteiger partial charge in [0.1, 0.15) is 0 Å². The number of rotatable bonds is 5. The summed E-state index contributed by atoms with van der Waals surface area (Å²) in [4.78, 5) is 22.5. The van der Waals surface area contributed by atoms with Gasteiger partial charge in [-0.25, -0.2) is 8.42 Å². The van der Waals surface area contributed by atoms with Crippen molar-refractivity contribution in [2.45, 2.75) is 49.5 Å². The minimum atomic E-state index is -3.95. The molecule has 1 N–H and O–H groups in total. The number of carbonyl (C=O) groups is 1. The van der Waals surface area contributed by atoms with Crippen LogP contribution >= 0.6 is 0 Å². The van der Waals surface area contributed by atoms with Gasteiger partial charge in [0.05, 0.1) is 4.92 Å². The highest BCUT2D eigenvalue weighted by molar-refractivity contribution is 7.89. The van der Waals surface area contributed by atoms with Crippen molar-refractivity contribution in [2.24, 2.45) is 5.92 Å². The van der Waals surface area contributed by atoms with Gasteiger partial charge in [-0.1, -0.05) is 25.0 Å². The van der Waals surface area contributed by atoms with Crippen molar-refractivity contribution in [1.29, 1.82) is 0 Å². The van der Waals surface area contributed by atoms with Crippen molar-refractivity contribution in [2.75, 3.05) is 13.1 Å². The standard InChI is InChI=1S/C17H23N3O5S/c21-17(18-14-5-1-2-6-14)13-9-11-19(12-10-13)26(24,25)16-8-4-3-7-15(16)20(22)23/h3-4,7-8,13-14H,1-2,5-6,9-12H2,(H,18,21). The Morgan fingerprint density at radius 2 is 1.73 bits per heavy atom. The minimum Gasteiger partial charge on any atom is -0.353 e. The molecule has 0 aromatic heterocycles. The fraction of sp³-hybridized carbons (Fsp3) is 0.588. The summed E-state index contributed by atoms with van der Waals surface area (Å²) in [6.45, 7) is 0.383. The number of hydrogen-bond donors (Lipinski definition) is 1. The fourth-order valence-electron chi connectivity index (χ4n) is 3.71. The van der Waals surface area contributed by atoms with Crippen LogP contribution in [-0.2, 0) is 14.8 Å². The summed E-state index contributed by atoms with van der Waals surface area (Å²) < 4.78 is 26.8. The van der Waals surface area contributed by atoms with Gasteiger partial charge in [-0.3, -0.25) is 14.9 Å². The van der Waals surface area contributed by atoms with Crippen molar-refractivity contribution < 1.29 is 18.1 Å². The molecule has 3 rings (SSSR count). The molecule has 2 fully saturated rings. The number of amides is 1. The summed E-state index contributed by atoms with van der Waals surface area (Å²) in [6.07, 6.45) is 5.15. The van der Waals surface area contributed by atoms with Crippen LogP contribution in [0.25, 0.3) is 0 Å². The van der Waals surface area contributed by atoms with Crippen molar-refractivity contribution in [3.05, 3.63) is 34.4 Å². The van der Waals surface area contributed by atoms with Gasteiger partial charge in [-0.15, -0.1) is 0 Å². The van der Waals surface area contributed by atoms with Gasteiger partial charge in [0.2, 0.25) is 15.9 Å². The molecular weight excluding hydrogens is 358 g/mol. The van der Waals surface area contributed by atoms with Gasteiger partial charge in [-0.2, -0.15) is 4.31 Å². The first-order valence-electron chi connectivity index (χ1n) is 8.93. The molecule has 1 saturated carbocycles. The average molecular weight is 381 g/mol. The number of hydrogen-bond acceptors (Lipinski definition) is 5. The Balaban J connectivity index is 1.65. The predicted molar refractivity (Wildman–Crippen MR) is 95.0 cm³/mol. The first-order valence-corrected chi connectivity index (χ1v) is 10.4. The number of nitrogens with zero attached hydrogens (tertiary/aromatic N) is 2. The summed E-state index contributed by atoms with van der Waals surface area (Å²) in [5.41, 5.74) is -0.423. The Morgan fingerprint density at radius 3 is 2.35 bits per heavy atom. The maximum atomic E-state index is 12.8. The molecule has 0 spiro atoms. The molecule has 1 aromatic rings. The number of nitrogens with one attached hydrogen (secondary N) is 1. The van der Waals surface area contributed by atoms with E-state index in [0.29, 0.717) is 12.8 Å². The highest BCUT2D eigenvalue weighted by atomic mass is 32.2. The Bertz CT molecular complexity index is 781. The molecule has 1 aliphatic heterocycles. The molecule has 0 bridgehead atoms. The molecule has 1 saturated heterocycles. The number of sulfonamides is 1. The Labute approximate surface area is 152 Å². The molecular formula is C17H23N3O5S. The van der Waals surface area contributed by atoms with Crippen LogP contribution in [0.5, 0.6) is 0 Å². The summed E-state index contributed by atoms with van der Waals surface area (Å²) >= 11 is 0. The molecule has 0 radical (unpaired) electrons. The van der Waals surface area contributed by atoms with Gasteiger partial charge in [-0.05, 0) is 31.7 Å². The Morgan fingerprint density at radius 1 is 1.12 bits per heavy atom. The molecule has 9 heteroatoms. The maximum absolute atomic E-state index is 12.8. The van der Waals surface area contributed by atoms with Crippen LogP contribution in [0.2, 0.25) is 0 Å². The lowest BCUT2D eigenvalue weighted by Crippen LogP contribution is -2.44. The van der Waals surface area contributed by atoms with E-state index >= 15 is 0 Å². The monoisotopic (exact) mass is 381 g/mol. The van der Waals surface area contributed by atoms with Crippen molar-refractivity contribution in [3.8, 4) is 0 Å². The SMILES string of the molecule is O=C(NC1CCCC1)C1CCN(S(=O)(=O)c2ccccc2[N+](=O)[O-])CC1. The van der Waals surface area contributed by atoms with Crippen LogP contribution in [0.4, 0.5) is 5.69 Å². The Kier molecular flexibility index (Phi) is 5.57. The first-order chi connectivity index (χ1) is 12.4. The predicted octanol–water partition coefficient (Wildman–Crippen LogP) is 2.05.